The van der Waals surface area contributed by atoms with E-state index < -0.39 is 7.37 Å². The highest BCUT2D eigenvalue weighted by Crippen LogP contribution is 2.38. The molecule has 2 aromatic carbocycles. The van der Waals surface area contributed by atoms with Gasteiger partial charge in [-0.2, -0.15) is 0 Å². The molecule has 0 bridgehead atoms. The summed E-state index contributed by atoms with van der Waals surface area (Å²) >= 11 is 6.24. The molecule has 1 aromatic heterocycles. The first kappa shape index (κ1) is 17.5. The Morgan fingerprint density at radius 2 is 1.25 bits per heavy atom. The van der Waals surface area contributed by atoms with E-state index in [0.717, 1.165) is 34.8 Å². The van der Waals surface area contributed by atoms with Crippen molar-refractivity contribution in [1.82, 2.24) is 0 Å². The molecule has 0 amide bonds. The molecule has 0 radical (unpaired) electrons. The van der Waals surface area contributed by atoms with Crippen LogP contribution in [0.1, 0.15) is 50.7 Å². The number of halogens is 1. The van der Waals surface area contributed by atoms with Crippen LogP contribution in [0.3, 0.4) is 0 Å². The van der Waals surface area contributed by atoms with Gasteiger partial charge in [0.25, 0.3) is 0 Å². The van der Waals surface area contributed by atoms with Gasteiger partial charge in [0.1, 0.15) is 11.2 Å². The molecule has 1 heterocycles. The molecule has 0 unspecified atom stereocenters. The Labute approximate surface area is 149 Å². The number of rotatable bonds is 6. The van der Waals surface area contributed by atoms with E-state index in [0.29, 0.717) is 0 Å². The SMILES string of the molecule is CCCCc1ccc2op(Cl)oc3ccc(CCCC)cc3c2c1. The van der Waals surface area contributed by atoms with E-state index in [1.807, 2.05) is 12.1 Å². The van der Waals surface area contributed by atoms with Gasteiger partial charge in [-0.15, -0.1) is 0 Å². The van der Waals surface area contributed by atoms with Gasteiger partial charge in [0, 0.05) is 22.0 Å². The van der Waals surface area contributed by atoms with Crippen LogP contribution < -0.4 is 0 Å². The number of aryl methyl sites for hydroxylation is 2. The molecular formula is C20H24ClO2P. The number of hydrogen-bond acceptors (Lipinski definition) is 2. The highest BCUT2D eigenvalue weighted by molar-refractivity contribution is 7.68. The van der Waals surface area contributed by atoms with E-state index in [9.17, 15) is 0 Å². The fraction of sp³-hybridized carbons (Fsp3) is 0.400. The molecular weight excluding hydrogens is 339 g/mol. The van der Waals surface area contributed by atoms with Gasteiger partial charge in [-0.25, -0.2) is 0 Å². The molecule has 0 aliphatic carbocycles. The summed E-state index contributed by atoms with van der Waals surface area (Å²) in [6, 6.07) is 12.8. The van der Waals surface area contributed by atoms with Crippen molar-refractivity contribution in [3.05, 3.63) is 47.5 Å². The Balaban J connectivity index is 2.21. The second-order valence-corrected chi connectivity index (χ2v) is 7.88. The van der Waals surface area contributed by atoms with Crippen molar-refractivity contribution in [2.45, 2.75) is 52.4 Å². The van der Waals surface area contributed by atoms with Gasteiger partial charge in [0.2, 0.25) is 0 Å². The Morgan fingerprint density at radius 3 is 1.67 bits per heavy atom. The predicted octanol–water partition coefficient (Wildman–Crippen LogP) is 7.98. The zero-order valence-corrected chi connectivity index (χ0v) is 16.0. The van der Waals surface area contributed by atoms with E-state index in [2.05, 4.69) is 38.1 Å². The molecule has 0 saturated carbocycles. The maximum absolute atomic E-state index is 6.24. The summed E-state index contributed by atoms with van der Waals surface area (Å²) in [6.45, 7) is 4.44. The van der Waals surface area contributed by atoms with Crippen molar-refractivity contribution in [2.24, 2.45) is 0 Å². The van der Waals surface area contributed by atoms with Crippen LogP contribution in [0.15, 0.2) is 44.8 Å². The van der Waals surface area contributed by atoms with E-state index in [4.69, 9.17) is 19.6 Å². The topological polar surface area (TPSA) is 26.3 Å². The summed E-state index contributed by atoms with van der Waals surface area (Å²) in [5.41, 5.74) is 4.32. The van der Waals surface area contributed by atoms with Crippen LogP contribution >= 0.6 is 18.6 Å². The third kappa shape index (κ3) is 3.99. The van der Waals surface area contributed by atoms with Crippen LogP contribution in [0.4, 0.5) is 0 Å². The highest BCUT2D eigenvalue weighted by atomic mass is 35.7. The first-order valence-corrected chi connectivity index (χ1v) is 10.9. The van der Waals surface area contributed by atoms with Gasteiger partial charge in [0.15, 0.2) is 0 Å². The van der Waals surface area contributed by atoms with Crippen molar-refractivity contribution in [3.8, 4) is 0 Å². The van der Waals surface area contributed by atoms with Crippen molar-refractivity contribution < 1.29 is 8.39 Å². The molecule has 24 heavy (non-hydrogen) atoms. The van der Waals surface area contributed by atoms with Crippen LogP contribution in [0.25, 0.3) is 21.9 Å². The summed E-state index contributed by atoms with van der Waals surface area (Å²) in [5.74, 6) is 0. The summed E-state index contributed by atoms with van der Waals surface area (Å²) in [5, 5.41) is 2.20. The van der Waals surface area contributed by atoms with Gasteiger partial charge >= 0.3 is 7.37 Å². The van der Waals surface area contributed by atoms with Crippen LogP contribution in [0.5, 0.6) is 0 Å². The molecule has 4 heteroatoms. The van der Waals surface area contributed by atoms with Crippen molar-refractivity contribution >= 4 is 40.5 Å². The lowest BCUT2D eigenvalue weighted by Crippen LogP contribution is -1.86. The minimum absolute atomic E-state index is 0.822. The molecule has 0 fully saturated rings. The minimum Gasteiger partial charge on any atom is -0.408 e. The number of fused-ring (bicyclic) bond motifs is 3. The van der Waals surface area contributed by atoms with Crippen LogP contribution in [0, 0.1) is 0 Å². The average Bonchev–Trinajstić information content (AvgIpc) is 2.73. The second-order valence-electron chi connectivity index (χ2n) is 6.26. The molecule has 0 N–H and O–H groups in total. The molecule has 3 aromatic rings. The lowest BCUT2D eigenvalue weighted by molar-refractivity contribution is 0.656. The largest absolute Gasteiger partial charge is 0.408 e. The molecule has 0 aliphatic rings. The Morgan fingerprint density at radius 1 is 0.792 bits per heavy atom. The fourth-order valence-electron chi connectivity index (χ4n) is 2.98. The third-order valence-electron chi connectivity index (χ3n) is 4.36. The van der Waals surface area contributed by atoms with E-state index >= 15 is 0 Å². The molecule has 128 valence electrons. The average molecular weight is 363 g/mol. The quantitative estimate of drug-likeness (QED) is 0.444. The first-order valence-electron chi connectivity index (χ1n) is 8.79. The lowest BCUT2D eigenvalue weighted by atomic mass is 10.0. The molecule has 3 rings (SSSR count). The van der Waals surface area contributed by atoms with Gasteiger partial charge in [0.05, 0.1) is 0 Å². The van der Waals surface area contributed by atoms with E-state index in [1.165, 1.54) is 36.8 Å². The first-order chi connectivity index (χ1) is 11.7. The van der Waals surface area contributed by atoms with E-state index in [1.54, 1.807) is 0 Å². The van der Waals surface area contributed by atoms with Gasteiger partial charge < -0.3 is 8.39 Å². The molecule has 0 atom stereocenters. The molecule has 2 nitrogen and oxygen atoms in total. The fourth-order valence-corrected chi connectivity index (χ4v) is 4.09. The monoisotopic (exact) mass is 362 g/mol. The zero-order valence-electron chi connectivity index (χ0n) is 14.3. The number of unbranched alkanes of at least 4 members (excludes halogenated alkanes) is 2. The van der Waals surface area contributed by atoms with E-state index in [-0.39, 0.29) is 0 Å². The summed E-state index contributed by atoms with van der Waals surface area (Å²) in [4.78, 5) is 0. The predicted molar refractivity (Wildman–Crippen MR) is 105 cm³/mol. The second kappa shape index (κ2) is 8.14. The van der Waals surface area contributed by atoms with Gasteiger partial charge in [-0.05, 0) is 61.1 Å². The van der Waals surface area contributed by atoms with Gasteiger partial charge in [-0.3, -0.25) is 0 Å². The highest BCUT2D eigenvalue weighted by Gasteiger charge is 2.07. The van der Waals surface area contributed by atoms with Crippen LogP contribution in [0.2, 0.25) is 0 Å². The minimum atomic E-state index is -1.46. The summed E-state index contributed by atoms with van der Waals surface area (Å²) in [7, 11) is -1.46. The Kier molecular flexibility index (Phi) is 5.92. The van der Waals surface area contributed by atoms with Crippen LogP contribution in [-0.2, 0) is 12.8 Å². The molecule has 0 spiro atoms. The Hall–Kier alpha value is -1.37. The molecule has 0 aliphatic heterocycles. The van der Waals surface area contributed by atoms with Crippen LogP contribution in [-0.4, -0.2) is 0 Å². The van der Waals surface area contributed by atoms with Crippen molar-refractivity contribution in [3.63, 3.8) is 0 Å². The summed E-state index contributed by atoms with van der Waals surface area (Å²) in [6.07, 6.45) is 6.96. The Bertz CT molecular complexity index is 800. The van der Waals surface area contributed by atoms with Gasteiger partial charge in [-0.1, -0.05) is 38.8 Å². The number of benzene rings is 2. The maximum atomic E-state index is 6.24. The molecule has 0 saturated heterocycles. The van der Waals surface area contributed by atoms with Crippen molar-refractivity contribution in [2.75, 3.05) is 0 Å². The third-order valence-corrected chi connectivity index (χ3v) is 5.45. The standard InChI is InChI=1S/C20H24ClO2P/c1-3-5-7-15-9-11-19-17(13-15)18-14-16(8-6-4-2)10-12-20(18)23-24(21)22-19/h9-14H,3-8H2,1-2H3. The maximum Gasteiger partial charge on any atom is 0.327 e. The van der Waals surface area contributed by atoms with Crippen molar-refractivity contribution in [1.29, 1.82) is 0 Å². The summed E-state index contributed by atoms with van der Waals surface area (Å²) < 4.78 is 11.7. The lowest BCUT2D eigenvalue weighted by Gasteiger charge is -2.04. The normalized spacial score (nSPS) is 11.3. The number of hydrogen-bond donors (Lipinski definition) is 0. The smallest absolute Gasteiger partial charge is 0.327 e. The zero-order chi connectivity index (χ0) is 16.9.